The van der Waals surface area contributed by atoms with Gasteiger partial charge in [0, 0.05) is 17.3 Å². The van der Waals surface area contributed by atoms with E-state index in [0.29, 0.717) is 16.9 Å². The van der Waals surface area contributed by atoms with Crippen molar-refractivity contribution in [3.05, 3.63) is 45.9 Å². The number of halogens is 3. The Morgan fingerprint density at radius 2 is 2.00 bits per heavy atom. The van der Waals surface area contributed by atoms with Crippen LogP contribution in [0.15, 0.2) is 35.4 Å². The molecule has 2 N–H and O–H groups in total. The van der Waals surface area contributed by atoms with Gasteiger partial charge in [0.15, 0.2) is 14.8 Å². The van der Waals surface area contributed by atoms with Crippen molar-refractivity contribution >= 4 is 21.2 Å². The lowest BCUT2D eigenvalue weighted by atomic mass is 10.1. The summed E-state index contributed by atoms with van der Waals surface area (Å²) in [6.45, 7) is 0. The van der Waals surface area contributed by atoms with Gasteiger partial charge in [0.1, 0.15) is 0 Å². The van der Waals surface area contributed by atoms with Gasteiger partial charge >= 0.3 is 6.18 Å². The molecule has 0 aliphatic carbocycles. The monoisotopic (exact) mass is 336 g/mol. The maximum Gasteiger partial charge on any atom is 0.443 e. The van der Waals surface area contributed by atoms with E-state index >= 15 is 0 Å². The zero-order chi connectivity index (χ0) is 15.8. The lowest BCUT2D eigenvalue weighted by molar-refractivity contribution is -0.137. The molecule has 21 heavy (non-hydrogen) atoms. The van der Waals surface area contributed by atoms with E-state index in [-0.39, 0.29) is 9.77 Å². The Morgan fingerprint density at radius 1 is 1.33 bits per heavy atom. The molecule has 0 radical (unpaired) electrons. The Bertz CT molecular complexity index is 754. The maximum absolute atomic E-state index is 12.5. The summed E-state index contributed by atoms with van der Waals surface area (Å²) in [5.41, 5.74) is 6.31. The normalized spacial score (nSPS) is 14.1. The summed E-state index contributed by atoms with van der Waals surface area (Å²) >= 11 is 0.446. The summed E-state index contributed by atoms with van der Waals surface area (Å²) < 4.78 is 60.5. The van der Waals surface area contributed by atoms with Crippen LogP contribution in [-0.2, 0) is 16.0 Å². The molecule has 9 heteroatoms. The Morgan fingerprint density at radius 3 is 2.52 bits per heavy atom. The van der Waals surface area contributed by atoms with Crippen LogP contribution in [-0.4, -0.2) is 19.7 Å². The van der Waals surface area contributed by atoms with E-state index in [0.717, 1.165) is 12.5 Å². The lowest BCUT2D eigenvalue weighted by Crippen LogP contribution is -2.11. The van der Waals surface area contributed by atoms with Gasteiger partial charge in [0.25, 0.3) is 0 Å². The molecule has 114 valence electrons. The van der Waals surface area contributed by atoms with E-state index in [4.69, 9.17) is 5.73 Å². The van der Waals surface area contributed by atoms with E-state index in [1.807, 2.05) is 0 Å². The van der Waals surface area contributed by atoms with Crippen LogP contribution in [0.25, 0.3) is 0 Å². The molecule has 4 nitrogen and oxygen atoms in total. The molecule has 0 fully saturated rings. The fourth-order valence-corrected chi connectivity index (χ4v) is 3.15. The Kier molecular flexibility index (Phi) is 4.09. The van der Waals surface area contributed by atoms with Gasteiger partial charge in [0.05, 0.1) is 10.9 Å². The Balaban J connectivity index is 2.37. The summed E-state index contributed by atoms with van der Waals surface area (Å²) in [6, 6.07) is 4.95. The van der Waals surface area contributed by atoms with E-state index < -0.39 is 27.1 Å². The number of hydrogen-bond donors (Lipinski definition) is 1. The molecule has 0 spiro atoms. The molecule has 2 rings (SSSR count). The third kappa shape index (κ3) is 3.60. The molecule has 1 unspecified atom stereocenters. The molecule has 0 amide bonds. The highest BCUT2D eigenvalue weighted by molar-refractivity contribution is 7.90. The summed E-state index contributed by atoms with van der Waals surface area (Å²) in [6.07, 6.45) is -2.41. The van der Waals surface area contributed by atoms with Gasteiger partial charge in [-0.15, -0.1) is 11.3 Å². The van der Waals surface area contributed by atoms with Crippen LogP contribution in [0.2, 0.25) is 0 Å². The molecule has 1 atom stereocenters. The van der Waals surface area contributed by atoms with Gasteiger partial charge in [-0.05, 0) is 17.7 Å². The summed E-state index contributed by atoms with van der Waals surface area (Å²) in [5.74, 6) is 0. The first-order valence-electron chi connectivity index (χ1n) is 5.67. The van der Waals surface area contributed by atoms with Crippen LogP contribution >= 0.6 is 11.3 Å². The van der Waals surface area contributed by atoms with E-state index in [9.17, 15) is 21.6 Å². The second-order valence-electron chi connectivity index (χ2n) is 4.39. The Labute approximate surface area is 123 Å². The van der Waals surface area contributed by atoms with Crippen molar-refractivity contribution in [3.63, 3.8) is 0 Å². The number of benzene rings is 1. The van der Waals surface area contributed by atoms with Crippen molar-refractivity contribution in [3.8, 4) is 0 Å². The molecule has 1 heterocycles. The van der Waals surface area contributed by atoms with Gasteiger partial charge in [-0.2, -0.15) is 13.2 Å². The Hall–Kier alpha value is -1.45. The number of sulfone groups is 1. The minimum atomic E-state index is -4.52. The number of alkyl halides is 3. The molecule has 1 aromatic heterocycles. The predicted octanol–water partition coefficient (Wildman–Crippen LogP) is 2.61. The third-order valence-corrected chi connectivity index (χ3v) is 4.95. The minimum Gasteiger partial charge on any atom is -0.320 e. The second kappa shape index (κ2) is 5.39. The van der Waals surface area contributed by atoms with Crippen molar-refractivity contribution in [1.29, 1.82) is 0 Å². The lowest BCUT2D eigenvalue weighted by Gasteiger charge is -2.10. The first-order valence-corrected chi connectivity index (χ1v) is 8.38. The summed E-state index contributed by atoms with van der Waals surface area (Å²) in [4.78, 5) is 3.58. The average molecular weight is 336 g/mol. The van der Waals surface area contributed by atoms with Crippen LogP contribution in [0.3, 0.4) is 0 Å². The van der Waals surface area contributed by atoms with Crippen molar-refractivity contribution < 1.29 is 21.6 Å². The largest absolute Gasteiger partial charge is 0.443 e. The van der Waals surface area contributed by atoms with E-state index in [2.05, 4.69) is 4.98 Å². The molecule has 1 aromatic carbocycles. The van der Waals surface area contributed by atoms with Gasteiger partial charge in [0.2, 0.25) is 0 Å². The second-order valence-corrected chi connectivity index (χ2v) is 7.47. The van der Waals surface area contributed by atoms with Crippen LogP contribution < -0.4 is 5.73 Å². The fourth-order valence-electron chi connectivity index (χ4n) is 1.66. The van der Waals surface area contributed by atoms with Crippen LogP contribution in [0.4, 0.5) is 13.2 Å². The van der Waals surface area contributed by atoms with Gasteiger partial charge in [-0.3, -0.25) is 0 Å². The van der Waals surface area contributed by atoms with Gasteiger partial charge in [-0.25, -0.2) is 13.4 Å². The van der Waals surface area contributed by atoms with Crippen LogP contribution in [0.5, 0.6) is 0 Å². The number of nitrogens with two attached hydrogens (primary N) is 1. The highest BCUT2D eigenvalue weighted by atomic mass is 32.2. The number of rotatable bonds is 3. The van der Waals surface area contributed by atoms with E-state index in [1.54, 1.807) is 6.07 Å². The van der Waals surface area contributed by atoms with Crippen LogP contribution in [0.1, 0.15) is 21.5 Å². The zero-order valence-electron chi connectivity index (χ0n) is 10.8. The zero-order valence-corrected chi connectivity index (χ0v) is 12.4. The molecule has 0 aliphatic rings. The molecular weight excluding hydrogens is 325 g/mol. The fraction of sp³-hybridized carbons (Fsp3) is 0.250. The number of aromatic nitrogens is 1. The molecular formula is C12H11F3N2O2S2. The summed E-state index contributed by atoms with van der Waals surface area (Å²) in [5, 5.41) is -0.979. The maximum atomic E-state index is 12.5. The molecule has 2 aromatic rings. The average Bonchev–Trinajstić information content (AvgIpc) is 2.86. The van der Waals surface area contributed by atoms with Crippen molar-refractivity contribution in [2.45, 2.75) is 17.1 Å². The molecule has 0 saturated carbocycles. The van der Waals surface area contributed by atoms with Gasteiger partial charge in [-0.1, -0.05) is 12.1 Å². The number of nitrogens with zero attached hydrogens (tertiary/aromatic N) is 1. The molecule has 0 aliphatic heterocycles. The SMILES string of the molecule is CS(=O)(=O)c1cccc(C(N)c2cnc(C(F)(F)F)s2)c1. The minimum absolute atomic E-state index is 0.0658. The van der Waals surface area contributed by atoms with E-state index in [1.165, 1.54) is 18.2 Å². The summed E-state index contributed by atoms with van der Waals surface area (Å²) in [7, 11) is -3.41. The number of hydrogen-bond acceptors (Lipinski definition) is 5. The quantitative estimate of drug-likeness (QED) is 0.935. The van der Waals surface area contributed by atoms with Crippen molar-refractivity contribution in [2.75, 3.05) is 6.26 Å². The highest BCUT2D eigenvalue weighted by Crippen LogP contribution is 2.35. The van der Waals surface area contributed by atoms with Crippen molar-refractivity contribution in [1.82, 2.24) is 4.98 Å². The molecule has 0 saturated heterocycles. The highest BCUT2D eigenvalue weighted by Gasteiger charge is 2.35. The molecule has 0 bridgehead atoms. The van der Waals surface area contributed by atoms with Gasteiger partial charge < -0.3 is 5.73 Å². The predicted molar refractivity (Wildman–Crippen MR) is 72.7 cm³/mol. The third-order valence-electron chi connectivity index (χ3n) is 2.72. The number of thiazole rings is 1. The smallest absolute Gasteiger partial charge is 0.320 e. The first kappa shape index (κ1) is 15.9. The first-order chi connectivity index (χ1) is 9.59. The van der Waals surface area contributed by atoms with Crippen molar-refractivity contribution in [2.24, 2.45) is 5.73 Å². The van der Waals surface area contributed by atoms with Crippen LogP contribution in [0, 0.1) is 0 Å². The topological polar surface area (TPSA) is 73.0 Å². The standard InChI is InChI=1S/C12H11F3N2O2S2/c1-21(18,19)8-4-2-3-7(5-8)10(16)9-6-17-11(20-9)12(13,14)15/h2-6,10H,16H2,1H3.